The molecule has 1 aliphatic heterocycles. The highest BCUT2D eigenvalue weighted by Gasteiger charge is 2.39. The maximum absolute atomic E-state index is 4.26. The molecule has 1 saturated heterocycles. The van der Waals surface area contributed by atoms with Gasteiger partial charge in [0.25, 0.3) is 0 Å². The Labute approximate surface area is 92.3 Å². The van der Waals surface area contributed by atoms with Crippen molar-refractivity contribution in [1.29, 1.82) is 0 Å². The number of aromatic nitrogens is 1. The predicted molar refractivity (Wildman–Crippen MR) is 62.7 cm³/mol. The first-order chi connectivity index (χ1) is 7.29. The molecule has 1 unspecified atom stereocenters. The van der Waals surface area contributed by atoms with Crippen LogP contribution in [0.4, 0.5) is 0 Å². The van der Waals surface area contributed by atoms with Crippen LogP contribution in [-0.2, 0) is 5.54 Å². The molecule has 0 spiro atoms. The third kappa shape index (κ3) is 1.78. The second-order valence-electron chi connectivity index (χ2n) is 4.55. The molecule has 0 aromatic carbocycles. The average molecular weight is 204 g/mol. The standard InChI is InChI=1S/C13H20N2/c1-3-7-13(8-5-10-15(13)2)12-6-4-9-14-11-12/h4,6,9,11H,3,5,7-8,10H2,1-2H3. The molecule has 0 N–H and O–H groups in total. The van der Waals surface area contributed by atoms with Crippen LogP contribution in [0.3, 0.4) is 0 Å². The van der Waals surface area contributed by atoms with Crippen LogP contribution in [-0.4, -0.2) is 23.5 Å². The van der Waals surface area contributed by atoms with Crippen molar-refractivity contribution in [2.24, 2.45) is 0 Å². The molecule has 2 heterocycles. The molecule has 1 aromatic rings. The Balaban J connectivity index is 2.34. The van der Waals surface area contributed by atoms with E-state index >= 15 is 0 Å². The highest BCUT2D eigenvalue weighted by Crippen LogP contribution is 2.40. The minimum Gasteiger partial charge on any atom is -0.297 e. The van der Waals surface area contributed by atoms with Crippen molar-refractivity contribution in [3.05, 3.63) is 30.1 Å². The Kier molecular flexibility index (Phi) is 3.06. The molecule has 0 amide bonds. The van der Waals surface area contributed by atoms with Crippen molar-refractivity contribution in [1.82, 2.24) is 9.88 Å². The zero-order valence-electron chi connectivity index (χ0n) is 9.74. The fourth-order valence-corrected chi connectivity index (χ4v) is 2.89. The van der Waals surface area contributed by atoms with E-state index in [-0.39, 0.29) is 5.54 Å². The number of nitrogens with zero attached hydrogens (tertiary/aromatic N) is 2. The smallest absolute Gasteiger partial charge is 0.0473 e. The summed E-state index contributed by atoms with van der Waals surface area (Å²) in [5.74, 6) is 0. The number of hydrogen-bond donors (Lipinski definition) is 0. The van der Waals surface area contributed by atoms with Crippen LogP contribution < -0.4 is 0 Å². The Hall–Kier alpha value is -0.890. The Morgan fingerprint density at radius 1 is 1.53 bits per heavy atom. The van der Waals surface area contributed by atoms with E-state index in [9.17, 15) is 0 Å². The minimum absolute atomic E-state index is 0.267. The molecule has 0 radical (unpaired) electrons. The highest BCUT2D eigenvalue weighted by molar-refractivity contribution is 5.22. The quantitative estimate of drug-likeness (QED) is 0.752. The van der Waals surface area contributed by atoms with E-state index in [1.807, 2.05) is 12.4 Å². The lowest BCUT2D eigenvalue weighted by Gasteiger charge is -2.36. The third-order valence-electron chi connectivity index (χ3n) is 3.68. The number of rotatable bonds is 3. The summed E-state index contributed by atoms with van der Waals surface area (Å²) in [4.78, 5) is 6.77. The minimum atomic E-state index is 0.267. The average Bonchev–Trinajstić information content (AvgIpc) is 2.63. The number of pyridine rings is 1. The summed E-state index contributed by atoms with van der Waals surface area (Å²) in [7, 11) is 2.25. The molecule has 1 aliphatic rings. The Morgan fingerprint density at radius 2 is 2.40 bits per heavy atom. The van der Waals surface area contributed by atoms with E-state index in [4.69, 9.17) is 0 Å². The molecular weight excluding hydrogens is 184 g/mol. The molecule has 1 atom stereocenters. The van der Waals surface area contributed by atoms with E-state index in [0.29, 0.717) is 0 Å². The summed E-state index contributed by atoms with van der Waals surface area (Å²) in [6.45, 7) is 3.49. The van der Waals surface area contributed by atoms with Gasteiger partial charge >= 0.3 is 0 Å². The molecule has 2 rings (SSSR count). The van der Waals surface area contributed by atoms with Gasteiger partial charge in [-0.3, -0.25) is 9.88 Å². The van der Waals surface area contributed by atoms with E-state index in [1.54, 1.807) is 0 Å². The molecule has 2 heteroatoms. The monoisotopic (exact) mass is 204 g/mol. The molecule has 1 aromatic heterocycles. The second-order valence-corrected chi connectivity index (χ2v) is 4.55. The molecule has 1 fully saturated rings. The first kappa shape index (κ1) is 10.6. The van der Waals surface area contributed by atoms with Crippen LogP contribution in [0.5, 0.6) is 0 Å². The van der Waals surface area contributed by atoms with Gasteiger partial charge in [0.2, 0.25) is 0 Å². The molecule has 0 saturated carbocycles. The van der Waals surface area contributed by atoms with E-state index in [1.165, 1.54) is 37.8 Å². The van der Waals surface area contributed by atoms with Crippen molar-refractivity contribution in [3.8, 4) is 0 Å². The zero-order valence-corrected chi connectivity index (χ0v) is 9.74. The fraction of sp³-hybridized carbons (Fsp3) is 0.615. The largest absolute Gasteiger partial charge is 0.297 e. The van der Waals surface area contributed by atoms with Crippen LogP contribution >= 0.6 is 0 Å². The van der Waals surface area contributed by atoms with Gasteiger partial charge in [-0.15, -0.1) is 0 Å². The van der Waals surface area contributed by atoms with Gasteiger partial charge in [-0.05, 0) is 44.5 Å². The lowest BCUT2D eigenvalue weighted by molar-refractivity contribution is 0.159. The fourth-order valence-electron chi connectivity index (χ4n) is 2.89. The van der Waals surface area contributed by atoms with E-state index in [2.05, 4.69) is 36.0 Å². The zero-order chi connectivity index (χ0) is 10.7. The predicted octanol–water partition coefficient (Wildman–Crippen LogP) is 2.80. The maximum Gasteiger partial charge on any atom is 0.0473 e. The van der Waals surface area contributed by atoms with Crippen molar-refractivity contribution < 1.29 is 0 Å². The summed E-state index contributed by atoms with van der Waals surface area (Å²) in [6, 6.07) is 4.28. The molecule has 0 bridgehead atoms. The SMILES string of the molecule is CCCC1(c2cccnc2)CCCN1C. The van der Waals surface area contributed by atoms with Gasteiger partial charge in [0.15, 0.2) is 0 Å². The first-order valence-corrected chi connectivity index (χ1v) is 5.91. The first-order valence-electron chi connectivity index (χ1n) is 5.91. The maximum atomic E-state index is 4.26. The van der Waals surface area contributed by atoms with Crippen LogP contribution in [0.15, 0.2) is 24.5 Å². The molecule has 82 valence electrons. The lowest BCUT2D eigenvalue weighted by atomic mass is 9.84. The Morgan fingerprint density at radius 3 is 2.93 bits per heavy atom. The lowest BCUT2D eigenvalue weighted by Crippen LogP contribution is -2.38. The van der Waals surface area contributed by atoms with Gasteiger partial charge in [0.05, 0.1) is 0 Å². The van der Waals surface area contributed by atoms with Crippen LogP contribution in [0.2, 0.25) is 0 Å². The Bertz CT molecular complexity index is 310. The van der Waals surface area contributed by atoms with Gasteiger partial charge in [-0.2, -0.15) is 0 Å². The molecular formula is C13H20N2. The van der Waals surface area contributed by atoms with Gasteiger partial charge in [-0.1, -0.05) is 19.4 Å². The molecule has 0 aliphatic carbocycles. The van der Waals surface area contributed by atoms with Crippen LogP contribution in [0.1, 0.15) is 38.2 Å². The molecule has 2 nitrogen and oxygen atoms in total. The highest BCUT2D eigenvalue weighted by atomic mass is 15.2. The number of likely N-dealkylation sites (tertiary alicyclic amines) is 1. The summed E-state index contributed by atoms with van der Waals surface area (Å²) in [5, 5.41) is 0. The van der Waals surface area contributed by atoms with Crippen molar-refractivity contribution in [2.75, 3.05) is 13.6 Å². The summed E-state index contributed by atoms with van der Waals surface area (Å²) in [6.07, 6.45) is 8.97. The van der Waals surface area contributed by atoms with E-state index < -0.39 is 0 Å². The third-order valence-corrected chi connectivity index (χ3v) is 3.68. The van der Waals surface area contributed by atoms with Crippen LogP contribution in [0, 0.1) is 0 Å². The molecule has 15 heavy (non-hydrogen) atoms. The second kappa shape index (κ2) is 4.31. The van der Waals surface area contributed by atoms with Crippen molar-refractivity contribution in [3.63, 3.8) is 0 Å². The summed E-state index contributed by atoms with van der Waals surface area (Å²) >= 11 is 0. The van der Waals surface area contributed by atoms with Crippen LogP contribution in [0.25, 0.3) is 0 Å². The van der Waals surface area contributed by atoms with Gasteiger partial charge in [0.1, 0.15) is 0 Å². The summed E-state index contributed by atoms with van der Waals surface area (Å²) < 4.78 is 0. The van der Waals surface area contributed by atoms with Gasteiger partial charge in [0, 0.05) is 17.9 Å². The number of hydrogen-bond acceptors (Lipinski definition) is 2. The topological polar surface area (TPSA) is 16.1 Å². The van der Waals surface area contributed by atoms with E-state index in [0.717, 1.165) is 0 Å². The van der Waals surface area contributed by atoms with Crippen molar-refractivity contribution in [2.45, 2.75) is 38.1 Å². The van der Waals surface area contributed by atoms with Gasteiger partial charge in [-0.25, -0.2) is 0 Å². The van der Waals surface area contributed by atoms with Gasteiger partial charge < -0.3 is 0 Å². The van der Waals surface area contributed by atoms with Crippen molar-refractivity contribution >= 4 is 0 Å². The summed E-state index contributed by atoms with van der Waals surface area (Å²) in [5.41, 5.74) is 1.66. The normalized spacial score (nSPS) is 27.1.